The topological polar surface area (TPSA) is 73.9 Å². The molecule has 6 nitrogen and oxygen atoms in total. The maximum absolute atomic E-state index is 12.5. The zero-order valence-electron chi connectivity index (χ0n) is 16.2. The molecule has 2 aromatic rings. The third kappa shape index (κ3) is 4.20. The second kappa shape index (κ2) is 8.93. The molecule has 1 N–H and O–H groups in total. The number of amides is 1. The number of carbonyl (C=O) groups excluding carboxylic acids is 2. The molecule has 0 aliphatic heterocycles. The molecule has 28 heavy (non-hydrogen) atoms. The highest BCUT2D eigenvalue weighted by molar-refractivity contribution is 7.17. The molecule has 7 heteroatoms. The van der Waals surface area contributed by atoms with Crippen LogP contribution in [0.5, 0.6) is 11.5 Å². The lowest BCUT2D eigenvalue weighted by molar-refractivity contribution is -0.111. The first-order valence-corrected chi connectivity index (χ1v) is 9.91. The van der Waals surface area contributed by atoms with Gasteiger partial charge in [0, 0.05) is 22.6 Å². The minimum Gasteiger partial charge on any atom is -0.497 e. The van der Waals surface area contributed by atoms with Crippen molar-refractivity contribution < 1.29 is 23.8 Å². The Labute approximate surface area is 168 Å². The van der Waals surface area contributed by atoms with Crippen molar-refractivity contribution in [2.75, 3.05) is 26.1 Å². The number of hydrogen-bond donors (Lipinski definition) is 1. The monoisotopic (exact) mass is 401 g/mol. The number of thiophene rings is 1. The number of benzene rings is 1. The van der Waals surface area contributed by atoms with Crippen molar-refractivity contribution in [3.8, 4) is 11.5 Å². The lowest BCUT2D eigenvalue weighted by Gasteiger charge is -2.08. The van der Waals surface area contributed by atoms with E-state index in [-0.39, 0.29) is 11.9 Å². The predicted octanol–water partition coefficient (Wildman–Crippen LogP) is 4.08. The number of carbonyl (C=O) groups is 2. The van der Waals surface area contributed by atoms with E-state index in [1.165, 1.54) is 17.4 Å². The fourth-order valence-electron chi connectivity index (χ4n) is 3.19. The molecule has 0 fully saturated rings. The van der Waals surface area contributed by atoms with Crippen LogP contribution in [0, 0.1) is 0 Å². The number of nitrogens with one attached hydrogen (secondary N) is 1. The van der Waals surface area contributed by atoms with Crippen LogP contribution in [-0.4, -0.2) is 32.7 Å². The summed E-state index contributed by atoms with van der Waals surface area (Å²) in [6.45, 7) is 2.07. The molecule has 148 valence electrons. The van der Waals surface area contributed by atoms with Crippen LogP contribution in [0.1, 0.15) is 39.7 Å². The first kappa shape index (κ1) is 19.9. The Bertz CT molecular complexity index is 916. The molecule has 1 aromatic heterocycles. The van der Waals surface area contributed by atoms with Crippen LogP contribution >= 0.6 is 11.3 Å². The number of fused-ring (bicyclic) bond motifs is 1. The van der Waals surface area contributed by atoms with E-state index >= 15 is 0 Å². The molecule has 1 aliphatic carbocycles. The number of methoxy groups -OCH3 is 2. The summed E-state index contributed by atoms with van der Waals surface area (Å²) in [4.78, 5) is 26.0. The number of esters is 1. The van der Waals surface area contributed by atoms with Gasteiger partial charge in [0.25, 0.3) is 0 Å². The summed E-state index contributed by atoms with van der Waals surface area (Å²) in [7, 11) is 3.14. The average molecular weight is 401 g/mol. The molecule has 0 saturated heterocycles. The van der Waals surface area contributed by atoms with E-state index in [1.807, 2.05) is 6.07 Å². The zero-order valence-corrected chi connectivity index (χ0v) is 17.0. The molecular weight excluding hydrogens is 378 g/mol. The second-order valence-electron chi connectivity index (χ2n) is 6.21. The Morgan fingerprint density at radius 1 is 1.21 bits per heavy atom. The SMILES string of the molecule is CCOC(=O)c1c(NC(=O)/C=C/c2ccc(OC)cc2OC)sc2c1CCC2. The van der Waals surface area contributed by atoms with E-state index in [2.05, 4.69) is 5.32 Å². The summed E-state index contributed by atoms with van der Waals surface area (Å²) in [6.07, 6.45) is 5.89. The molecule has 1 aliphatic rings. The van der Waals surface area contributed by atoms with Crippen LogP contribution in [0.3, 0.4) is 0 Å². The van der Waals surface area contributed by atoms with Crippen LogP contribution in [0.4, 0.5) is 5.00 Å². The van der Waals surface area contributed by atoms with Crippen LogP contribution in [0.2, 0.25) is 0 Å². The third-order valence-electron chi connectivity index (χ3n) is 4.49. The Morgan fingerprint density at radius 3 is 2.75 bits per heavy atom. The zero-order chi connectivity index (χ0) is 20.1. The van der Waals surface area contributed by atoms with Crippen molar-refractivity contribution in [3.63, 3.8) is 0 Å². The van der Waals surface area contributed by atoms with Gasteiger partial charge in [-0.3, -0.25) is 4.79 Å². The van der Waals surface area contributed by atoms with E-state index in [0.717, 1.165) is 35.3 Å². The Hall–Kier alpha value is -2.80. The molecule has 0 spiro atoms. The second-order valence-corrected chi connectivity index (χ2v) is 7.32. The van der Waals surface area contributed by atoms with Gasteiger partial charge in [0.15, 0.2) is 0 Å². The number of hydrogen-bond acceptors (Lipinski definition) is 6. The van der Waals surface area contributed by atoms with Crippen LogP contribution in [-0.2, 0) is 22.4 Å². The van der Waals surface area contributed by atoms with Crippen LogP contribution < -0.4 is 14.8 Å². The molecule has 0 saturated carbocycles. The van der Waals surface area contributed by atoms with E-state index in [1.54, 1.807) is 39.4 Å². The summed E-state index contributed by atoms with van der Waals surface area (Å²) in [5.41, 5.74) is 2.26. The molecule has 1 amide bonds. The van der Waals surface area contributed by atoms with Gasteiger partial charge < -0.3 is 19.5 Å². The van der Waals surface area contributed by atoms with Crippen LogP contribution in [0.25, 0.3) is 6.08 Å². The third-order valence-corrected chi connectivity index (χ3v) is 5.70. The fraction of sp³-hybridized carbons (Fsp3) is 0.333. The maximum Gasteiger partial charge on any atom is 0.341 e. The molecule has 0 atom stereocenters. The van der Waals surface area contributed by atoms with Crippen molar-refractivity contribution in [2.24, 2.45) is 0 Å². The smallest absolute Gasteiger partial charge is 0.341 e. The van der Waals surface area contributed by atoms with Crippen LogP contribution in [0.15, 0.2) is 24.3 Å². The first-order valence-electron chi connectivity index (χ1n) is 9.10. The number of anilines is 1. The predicted molar refractivity (Wildman–Crippen MR) is 110 cm³/mol. The van der Waals surface area contributed by atoms with Crippen molar-refractivity contribution in [2.45, 2.75) is 26.2 Å². The summed E-state index contributed by atoms with van der Waals surface area (Å²) >= 11 is 1.46. The largest absolute Gasteiger partial charge is 0.497 e. The lowest BCUT2D eigenvalue weighted by atomic mass is 10.1. The Balaban J connectivity index is 1.79. The van der Waals surface area contributed by atoms with Gasteiger partial charge in [0.2, 0.25) is 5.91 Å². The standard InChI is InChI=1S/C21H23NO5S/c1-4-27-21(24)19-15-6-5-7-17(15)28-20(19)22-18(23)11-9-13-8-10-14(25-2)12-16(13)26-3/h8-12H,4-7H2,1-3H3,(H,22,23)/b11-9+. The number of aryl methyl sites for hydroxylation is 1. The molecule has 0 bridgehead atoms. The van der Waals surface area contributed by atoms with Gasteiger partial charge in [-0.15, -0.1) is 11.3 Å². The first-order chi connectivity index (χ1) is 13.6. The van der Waals surface area contributed by atoms with Gasteiger partial charge in [-0.1, -0.05) is 0 Å². The quantitative estimate of drug-likeness (QED) is 0.559. The fourth-order valence-corrected chi connectivity index (χ4v) is 4.47. The number of ether oxygens (including phenoxy) is 3. The van der Waals surface area contributed by atoms with Gasteiger partial charge in [0.1, 0.15) is 16.5 Å². The van der Waals surface area contributed by atoms with Crippen molar-refractivity contribution in [3.05, 3.63) is 45.8 Å². The molecule has 0 radical (unpaired) electrons. The minimum atomic E-state index is -0.377. The summed E-state index contributed by atoms with van der Waals surface area (Å²) in [5, 5.41) is 3.39. The summed E-state index contributed by atoms with van der Waals surface area (Å²) in [5.74, 6) is 0.581. The van der Waals surface area contributed by atoms with Crippen molar-refractivity contribution in [1.82, 2.24) is 0 Å². The highest BCUT2D eigenvalue weighted by Gasteiger charge is 2.28. The normalized spacial score (nSPS) is 12.7. The Morgan fingerprint density at radius 2 is 2.04 bits per heavy atom. The van der Waals surface area contributed by atoms with Crippen molar-refractivity contribution in [1.29, 1.82) is 0 Å². The lowest BCUT2D eigenvalue weighted by Crippen LogP contribution is -2.13. The molecule has 0 unspecified atom stereocenters. The molecule has 1 aromatic carbocycles. The summed E-state index contributed by atoms with van der Waals surface area (Å²) < 4.78 is 15.7. The van der Waals surface area contributed by atoms with E-state index in [4.69, 9.17) is 14.2 Å². The molecule has 3 rings (SSSR count). The van der Waals surface area contributed by atoms with Crippen molar-refractivity contribution >= 4 is 34.3 Å². The van der Waals surface area contributed by atoms with Gasteiger partial charge >= 0.3 is 5.97 Å². The average Bonchev–Trinajstić information content (AvgIpc) is 3.27. The molecular formula is C21H23NO5S. The van der Waals surface area contributed by atoms with Gasteiger partial charge in [-0.2, -0.15) is 0 Å². The summed E-state index contributed by atoms with van der Waals surface area (Å²) in [6, 6.07) is 5.36. The number of rotatable bonds is 7. The van der Waals surface area contributed by atoms with E-state index in [9.17, 15) is 9.59 Å². The highest BCUT2D eigenvalue weighted by Crippen LogP contribution is 2.39. The molecule has 1 heterocycles. The van der Waals surface area contributed by atoms with Gasteiger partial charge in [-0.05, 0) is 50.0 Å². The maximum atomic E-state index is 12.5. The van der Waals surface area contributed by atoms with E-state index in [0.29, 0.717) is 28.7 Å². The van der Waals surface area contributed by atoms with Gasteiger partial charge in [-0.25, -0.2) is 4.79 Å². The Kier molecular flexibility index (Phi) is 6.36. The minimum absolute atomic E-state index is 0.300. The van der Waals surface area contributed by atoms with E-state index < -0.39 is 0 Å². The highest BCUT2D eigenvalue weighted by atomic mass is 32.1. The van der Waals surface area contributed by atoms with Gasteiger partial charge in [0.05, 0.1) is 26.4 Å².